The zero-order valence-corrected chi connectivity index (χ0v) is 14.7. The van der Waals surface area contributed by atoms with Crippen LogP contribution >= 0.6 is 0 Å². The first-order valence-electron chi connectivity index (χ1n) is 9.38. The van der Waals surface area contributed by atoms with Crippen molar-refractivity contribution in [3.05, 3.63) is 29.8 Å². The molecule has 0 spiro atoms. The van der Waals surface area contributed by atoms with Gasteiger partial charge in [-0.25, -0.2) is 0 Å². The van der Waals surface area contributed by atoms with Crippen LogP contribution in [-0.2, 0) is 11.3 Å². The average molecular weight is 330 g/mol. The van der Waals surface area contributed by atoms with Gasteiger partial charge in [0.25, 0.3) is 0 Å². The van der Waals surface area contributed by atoms with E-state index in [9.17, 15) is 4.79 Å². The summed E-state index contributed by atoms with van der Waals surface area (Å²) in [7, 11) is 1.69. The molecular formula is C20H30N2O2. The maximum absolute atomic E-state index is 12.1. The molecule has 132 valence electrons. The van der Waals surface area contributed by atoms with Gasteiger partial charge in [-0.15, -0.1) is 0 Å². The monoisotopic (exact) mass is 330 g/mol. The van der Waals surface area contributed by atoms with Crippen LogP contribution in [0.5, 0.6) is 5.75 Å². The van der Waals surface area contributed by atoms with E-state index in [-0.39, 0.29) is 5.91 Å². The van der Waals surface area contributed by atoms with Crippen LogP contribution in [0.15, 0.2) is 24.3 Å². The van der Waals surface area contributed by atoms with E-state index in [0.29, 0.717) is 18.0 Å². The van der Waals surface area contributed by atoms with Crippen molar-refractivity contribution in [2.45, 2.75) is 70.0 Å². The fourth-order valence-electron chi connectivity index (χ4n) is 3.89. The minimum atomic E-state index is 0.262. The topological polar surface area (TPSA) is 50.4 Å². The summed E-state index contributed by atoms with van der Waals surface area (Å²) in [6, 6.07) is 9.03. The van der Waals surface area contributed by atoms with Crippen LogP contribution in [0.4, 0.5) is 0 Å². The van der Waals surface area contributed by atoms with Crippen molar-refractivity contribution in [3.63, 3.8) is 0 Å². The molecule has 0 atom stereocenters. The highest BCUT2D eigenvalue weighted by Crippen LogP contribution is 2.27. The number of benzene rings is 1. The molecule has 1 aromatic carbocycles. The molecule has 4 heteroatoms. The maximum Gasteiger partial charge on any atom is 0.220 e. The number of carbonyl (C=O) groups is 1. The predicted molar refractivity (Wildman–Crippen MR) is 96.0 cm³/mol. The molecule has 4 nitrogen and oxygen atoms in total. The van der Waals surface area contributed by atoms with E-state index in [1.165, 1.54) is 37.7 Å². The van der Waals surface area contributed by atoms with Crippen molar-refractivity contribution >= 4 is 5.91 Å². The third kappa shape index (κ3) is 4.97. The Morgan fingerprint density at radius 2 is 1.96 bits per heavy atom. The van der Waals surface area contributed by atoms with E-state index in [1.54, 1.807) is 7.11 Å². The van der Waals surface area contributed by atoms with Crippen molar-refractivity contribution < 1.29 is 9.53 Å². The van der Waals surface area contributed by atoms with Crippen molar-refractivity contribution in [2.75, 3.05) is 7.11 Å². The quantitative estimate of drug-likeness (QED) is 0.805. The summed E-state index contributed by atoms with van der Waals surface area (Å²) >= 11 is 0. The van der Waals surface area contributed by atoms with E-state index in [1.807, 2.05) is 12.1 Å². The van der Waals surface area contributed by atoms with Crippen LogP contribution < -0.4 is 15.4 Å². The molecule has 0 bridgehead atoms. The smallest absolute Gasteiger partial charge is 0.220 e. The Hall–Kier alpha value is -1.55. The molecule has 0 saturated heterocycles. The third-order valence-electron chi connectivity index (χ3n) is 5.43. The molecule has 2 aliphatic carbocycles. The summed E-state index contributed by atoms with van der Waals surface area (Å²) in [4.78, 5) is 12.1. The Morgan fingerprint density at radius 1 is 1.17 bits per heavy atom. The van der Waals surface area contributed by atoms with E-state index in [0.717, 1.165) is 31.6 Å². The van der Waals surface area contributed by atoms with E-state index in [4.69, 9.17) is 4.74 Å². The standard InChI is InChI=1S/C20H30N2O2/c1-24-19-9-5-8-16(10-19)14-21-17-12-18(13-17)22-20(23)11-15-6-3-2-4-7-15/h5,8-10,15,17-18,21H,2-4,6-7,11-14H2,1H3,(H,22,23)/t17-,18-. The maximum atomic E-state index is 12.1. The minimum Gasteiger partial charge on any atom is -0.497 e. The highest BCUT2D eigenvalue weighted by molar-refractivity contribution is 5.76. The van der Waals surface area contributed by atoms with Gasteiger partial charge in [0.15, 0.2) is 0 Å². The summed E-state index contributed by atoms with van der Waals surface area (Å²) in [5.74, 6) is 1.79. The zero-order chi connectivity index (χ0) is 16.8. The number of amides is 1. The van der Waals surface area contributed by atoms with E-state index in [2.05, 4.69) is 22.8 Å². The summed E-state index contributed by atoms with van der Waals surface area (Å²) in [5, 5.41) is 6.78. The summed E-state index contributed by atoms with van der Waals surface area (Å²) in [5.41, 5.74) is 1.24. The molecule has 2 N–H and O–H groups in total. The predicted octanol–water partition coefficient (Wildman–Crippen LogP) is 3.40. The highest BCUT2D eigenvalue weighted by Gasteiger charge is 2.30. The van der Waals surface area contributed by atoms with Gasteiger partial charge in [0.2, 0.25) is 5.91 Å². The Morgan fingerprint density at radius 3 is 2.71 bits per heavy atom. The average Bonchev–Trinajstić information content (AvgIpc) is 2.58. The fraction of sp³-hybridized carbons (Fsp3) is 0.650. The molecule has 2 aliphatic rings. The van der Waals surface area contributed by atoms with Crippen molar-refractivity contribution in [2.24, 2.45) is 5.92 Å². The van der Waals surface area contributed by atoms with Gasteiger partial charge in [-0.1, -0.05) is 31.4 Å². The second-order valence-electron chi connectivity index (χ2n) is 7.37. The molecule has 1 amide bonds. The summed E-state index contributed by atoms with van der Waals surface area (Å²) in [6.45, 7) is 0.852. The largest absolute Gasteiger partial charge is 0.497 e. The van der Waals surface area contributed by atoms with Gasteiger partial charge in [0.05, 0.1) is 7.11 Å². The van der Waals surface area contributed by atoms with Gasteiger partial charge in [-0.05, 0) is 49.3 Å². The Bertz CT molecular complexity index is 534. The van der Waals surface area contributed by atoms with Gasteiger partial charge < -0.3 is 15.4 Å². The molecule has 2 saturated carbocycles. The van der Waals surface area contributed by atoms with Gasteiger partial charge in [-0.3, -0.25) is 4.79 Å². The van der Waals surface area contributed by atoms with Gasteiger partial charge in [0.1, 0.15) is 5.75 Å². The summed E-state index contributed by atoms with van der Waals surface area (Å²) < 4.78 is 5.25. The first kappa shape index (κ1) is 17.3. The number of ether oxygens (including phenoxy) is 1. The molecule has 0 radical (unpaired) electrons. The fourth-order valence-corrected chi connectivity index (χ4v) is 3.89. The molecule has 3 rings (SSSR count). The number of nitrogens with one attached hydrogen (secondary N) is 2. The molecule has 2 fully saturated rings. The second kappa shape index (κ2) is 8.52. The lowest BCUT2D eigenvalue weighted by Crippen LogP contribution is -2.52. The first-order valence-corrected chi connectivity index (χ1v) is 9.38. The van der Waals surface area contributed by atoms with Gasteiger partial charge in [-0.2, -0.15) is 0 Å². The normalized spacial score (nSPS) is 24.2. The van der Waals surface area contributed by atoms with Crippen LogP contribution in [-0.4, -0.2) is 25.1 Å². The highest BCUT2D eigenvalue weighted by atomic mass is 16.5. The zero-order valence-electron chi connectivity index (χ0n) is 14.7. The van der Waals surface area contributed by atoms with E-state index < -0.39 is 0 Å². The van der Waals surface area contributed by atoms with E-state index >= 15 is 0 Å². The molecular weight excluding hydrogens is 300 g/mol. The first-order chi connectivity index (χ1) is 11.7. The van der Waals surface area contributed by atoms with Crippen molar-refractivity contribution in [1.82, 2.24) is 10.6 Å². The number of hydrogen-bond donors (Lipinski definition) is 2. The van der Waals surface area contributed by atoms with Gasteiger partial charge in [0, 0.05) is 25.0 Å². The van der Waals surface area contributed by atoms with Gasteiger partial charge >= 0.3 is 0 Å². The number of methoxy groups -OCH3 is 1. The van der Waals surface area contributed by atoms with Crippen LogP contribution in [0.2, 0.25) is 0 Å². The third-order valence-corrected chi connectivity index (χ3v) is 5.43. The lowest BCUT2D eigenvalue weighted by atomic mass is 9.84. The summed E-state index contributed by atoms with van der Waals surface area (Å²) in [6.07, 6.45) is 9.25. The molecule has 0 heterocycles. The van der Waals surface area contributed by atoms with Crippen molar-refractivity contribution in [3.8, 4) is 5.75 Å². The molecule has 0 aromatic heterocycles. The van der Waals surface area contributed by atoms with Crippen LogP contribution in [0.1, 0.15) is 56.9 Å². The van der Waals surface area contributed by atoms with Crippen LogP contribution in [0, 0.1) is 5.92 Å². The second-order valence-corrected chi connectivity index (χ2v) is 7.37. The lowest BCUT2D eigenvalue weighted by Gasteiger charge is -2.37. The number of carbonyl (C=O) groups excluding carboxylic acids is 1. The molecule has 0 aliphatic heterocycles. The Balaban J connectivity index is 1.31. The number of rotatable bonds is 7. The molecule has 0 unspecified atom stereocenters. The Kier molecular flexibility index (Phi) is 6.13. The minimum absolute atomic E-state index is 0.262. The molecule has 1 aromatic rings. The van der Waals surface area contributed by atoms with Crippen LogP contribution in [0.3, 0.4) is 0 Å². The molecule has 24 heavy (non-hydrogen) atoms. The van der Waals surface area contributed by atoms with Crippen molar-refractivity contribution in [1.29, 1.82) is 0 Å². The number of hydrogen-bond acceptors (Lipinski definition) is 3. The Labute approximate surface area is 145 Å². The lowest BCUT2D eigenvalue weighted by molar-refractivity contribution is -0.123. The SMILES string of the molecule is COc1cccc(CN[C@H]2C[C@H](NC(=O)CC3CCCCC3)C2)c1. The van der Waals surface area contributed by atoms with Crippen LogP contribution in [0.25, 0.3) is 0 Å².